The zero-order chi connectivity index (χ0) is 50.5. The van der Waals surface area contributed by atoms with Crippen LogP contribution in [-0.4, -0.2) is 15.0 Å². The quantitative estimate of drug-likeness (QED) is 0.166. The number of nitrogens with zero attached hydrogens (tertiary/aromatic N) is 3. The fourth-order valence-corrected chi connectivity index (χ4v) is 14.7. The van der Waals surface area contributed by atoms with Gasteiger partial charge in [-0.25, -0.2) is 0 Å². The Kier molecular flexibility index (Phi) is 7.74. The summed E-state index contributed by atoms with van der Waals surface area (Å²) in [7, 11) is 0. The summed E-state index contributed by atoms with van der Waals surface area (Å²) in [6, 6.07) is 82.6. The van der Waals surface area contributed by atoms with E-state index >= 15 is 0 Å². The first kappa shape index (κ1) is 41.0. The van der Waals surface area contributed by atoms with Crippen LogP contribution in [0.25, 0.3) is 197 Å². The van der Waals surface area contributed by atoms with Crippen LogP contribution in [0, 0.1) is 0 Å². The maximum Gasteiger partial charge on any atom is 0.0787 e. The molecule has 0 aliphatic heterocycles. The number of benzene rings is 13. The lowest BCUT2D eigenvalue weighted by Gasteiger charge is -2.19. The van der Waals surface area contributed by atoms with Gasteiger partial charge in [0.05, 0.1) is 17.1 Å². The van der Waals surface area contributed by atoms with Gasteiger partial charge in [0.1, 0.15) is 0 Å². The topological polar surface area (TPSA) is 38.7 Å². The first-order valence-electron chi connectivity index (χ1n) is 27.0. The highest BCUT2D eigenvalue weighted by Crippen LogP contribution is 2.55. The van der Waals surface area contributed by atoms with Crippen LogP contribution in [0.5, 0.6) is 0 Å². The summed E-state index contributed by atoms with van der Waals surface area (Å²) >= 11 is 0. The zero-order valence-electron chi connectivity index (χ0n) is 41.9. The minimum Gasteiger partial charge on any atom is -0.256 e. The van der Waals surface area contributed by atoms with Crippen LogP contribution in [-0.2, 0) is 0 Å². The molecule has 0 radical (unpaired) electrons. The van der Waals surface area contributed by atoms with E-state index in [0.717, 1.165) is 17.1 Å². The van der Waals surface area contributed by atoms with Crippen molar-refractivity contribution in [3.63, 3.8) is 0 Å². The molecule has 0 fully saturated rings. The third-order valence-corrected chi connectivity index (χ3v) is 17.9. The molecular weight excluding hydrogens is 943 g/mol. The van der Waals surface area contributed by atoms with Crippen LogP contribution in [0.3, 0.4) is 0 Å². The van der Waals surface area contributed by atoms with Crippen molar-refractivity contribution in [3.8, 4) is 101 Å². The molecule has 13 aromatic carbocycles. The van der Waals surface area contributed by atoms with Crippen LogP contribution in [0.4, 0.5) is 0 Å². The van der Waals surface area contributed by atoms with Crippen molar-refractivity contribution in [1.82, 2.24) is 15.0 Å². The van der Waals surface area contributed by atoms with Crippen LogP contribution in [0.2, 0.25) is 0 Å². The SMILES string of the molecule is c1cnc2c(c1)-c1cccc3c1c-2cc1c2ccccc2c(-c2cc(-c4cc5c6cccc7c6c(cc5c5ccccc45)-c4ncccc4-7)cc(-c4cc5c6cccc7c6c(cc5c5ccccc45)-c4ncccc4-7)c2)cc31. The van der Waals surface area contributed by atoms with Crippen LogP contribution in [0.1, 0.15) is 0 Å². The molecule has 3 aromatic heterocycles. The second-order valence-corrected chi connectivity index (χ2v) is 21.6. The molecule has 0 atom stereocenters. The minimum atomic E-state index is 1.06. The average molecular weight is 982 g/mol. The number of fused-ring (bicyclic) bond motifs is 21. The van der Waals surface area contributed by atoms with Gasteiger partial charge in [-0.15, -0.1) is 0 Å². The van der Waals surface area contributed by atoms with Gasteiger partial charge in [-0.2, -0.15) is 0 Å². The highest BCUT2D eigenvalue weighted by Gasteiger charge is 2.29. The van der Waals surface area contributed by atoms with Crippen molar-refractivity contribution in [2.24, 2.45) is 0 Å². The van der Waals surface area contributed by atoms with Gasteiger partial charge >= 0.3 is 0 Å². The second kappa shape index (κ2) is 14.7. The second-order valence-electron chi connectivity index (χ2n) is 21.6. The summed E-state index contributed by atoms with van der Waals surface area (Å²) in [5, 5.41) is 22.4. The molecule has 0 spiro atoms. The monoisotopic (exact) mass is 981 g/mol. The number of rotatable bonds is 3. The van der Waals surface area contributed by atoms with Gasteiger partial charge in [-0.3, -0.25) is 15.0 Å². The Labute approximate surface area is 447 Å². The first-order chi connectivity index (χ1) is 38.7. The Balaban J connectivity index is 0.942. The molecule has 0 bridgehead atoms. The molecule has 16 aromatic rings. The largest absolute Gasteiger partial charge is 0.256 e. The molecule has 3 nitrogen and oxygen atoms in total. The van der Waals surface area contributed by atoms with E-state index in [-0.39, 0.29) is 0 Å². The van der Waals surface area contributed by atoms with Gasteiger partial charge < -0.3 is 0 Å². The first-order valence-corrected chi connectivity index (χ1v) is 27.0. The Morgan fingerprint density at radius 1 is 0.167 bits per heavy atom. The van der Waals surface area contributed by atoms with E-state index in [1.54, 1.807) is 0 Å². The standard InChI is InChI=1S/C75H39N3/c1-4-16-46-43(13-1)58(34-64-52-22-7-19-49-55-25-10-28-76-73(55)67(70(49)52)37-61(46)64)40-31-41(59-35-65-53-23-8-20-50-56-26-11-29-77-74(56)68(71(50)53)38-62(65)47-17-5-2-14-44(47)59)33-42(32-40)60-36-66-54-24-9-21-51-57-27-12-30-78-75(57)69(72(51)54)39-63(66)48-18-6-3-15-45(48)60/h1-39H. The van der Waals surface area contributed by atoms with Gasteiger partial charge in [0.25, 0.3) is 0 Å². The fraction of sp³-hybridized carbons (Fsp3) is 0. The van der Waals surface area contributed by atoms with Crippen molar-refractivity contribution in [2.45, 2.75) is 0 Å². The van der Waals surface area contributed by atoms with Crippen LogP contribution < -0.4 is 0 Å². The Morgan fingerprint density at radius 3 is 0.744 bits per heavy atom. The van der Waals surface area contributed by atoms with Gasteiger partial charge in [-0.05, 0) is 220 Å². The molecule has 0 saturated heterocycles. The predicted octanol–water partition coefficient (Wildman–Crippen LogP) is 20.2. The normalized spacial score (nSPS) is 12.6. The van der Waals surface area contributed by atoms with E-state index in [9.17, 15) is 0 Å². The highest BCUT2D eigenvalue weighted by atomic mass is 14.7. The number of hydrogen-bond acceptors (Lipinski definition) is 3. The third-order valence-electron chi connectivity index (χ3n) is 17.9. The van der Waals surface area contributed by atoms with E-state index in [4.69, 9.17) is 15.0 Å². The molecule has 19 rings (SSSR count). The molecule has 0 N–H and O–H groups in total. The average Bonchev–Trinajstić information content (AvgIpc) is 4.19. The molecule has 3 aliphatic rings. The lowest BCUT2D eigenvalue weighted by atomic mass is 9.84. The van der Waals surface area contributed by atoms with E-state index in [0.29, 0.717) is 0 Å². The molecule has 354 valence electrons. The Bertz CT molecular complexity index is 4960. The molecule has 78 heavy (non-hydrogen) atoms. The van der Waals surface area contributed by atoms with Gasteiger partial charge in [-0.1, -0.05) is 146 Å². The maximum absolute atomic E-state index is 4.98. The molecule has 3 aliphatic carbocycles. The van der Waals surface area contributed by atoms with Crippen molar-refractivity contribution in [1.29, 1.82) is 0 Å². The van der Waals surface area contributed by atoms with Crippen molar-refractivity contribution < 1.29 is 0 Å². The smallest absolute Gasteiger partial charge is 0.0787 e. The predicted molar refractivity (Wildman–Crippen MR) is 327 cm³/mol. The van der Waals surface area contributed by atoms with Crippen molar-refractivity contribution >= 4 is 97.0 Å². The van der Waals surface area contributed by atoms with Crippen molar-refractivity contribution in [3.05, 3.63) is 237 Å². The molecule has 3 heterocycles. The summed E-state index contributed by atoms with van der Waals surface area (Å²) < 4.78 is 0. The lowest BCUT2D eigenvalue weighted by Crippen LogP contribution is -1.92. The molecule has 3 heteroatoms. The van der Waals surface area contributed by atoms with Gasteiger partial charge in [0.15, 0.2) is 0 Å². The van der Waals surface area contributed by atoms with Gasteiger partial charge in [0.2, 0.25) is 0 Å². The van der Waals surface area contributed by atoms with E-state index in [1.807, 2.05) is 18.6 Å². The van der Waals surface area contributed by atoms with Gasteiger partial charge in [0, 0.05) is 52.0 Å². The lowest BCUT2D eigenvalue weighted by molar-refractivity contribution is 1.35. The third kappa shape index (κ3) is 5.20. The summed E-state index contributed by atoms with van der Waals surface area (Å²) in [6.45, 7) is 0. The van der Waals surface area contributed by atoms with Crippen LogP contribution >= 0.6 is 0 Å². The van der Waals surface area contributed by atoms with Crippen LogP contribution in [0.15, 0.2) is 237 Å². The summed E-state index contributed by atoms with van der Waals surface area (Å²) in [5.74, 6) is 0. The van der Waals surface area contributed by atoms with E-state index in [1.165, 1.54) is 180 Å². The minimum absolute atomic E-state index is 1.06. The van der Waals surface area contributed by atoms with E-state index < -0.39 is 0 Å². The molecule has 0 unspecified atom stereocenters. The maximum atomic E-state index is 4.98. The zero-order valence-corrected chi connectivity index (χ0v) is 41.9. The molecule has 0 amide bonds. The highest BCUT2D eigenvalue weighted by molar-refractivity contribution is 6.32. The number of aromatic nitrogens is 3. The summed E-state index contributed by atoms with van der Waals surface area (Å²) in [4.78, 5) is 14.9. The van der Waals surface area contributed by atoms with Crippen molar-refractivity contribution in [2.75, 3.05) is 0 Å². The molecule has 0 saturated carbocycles. The Morgan fingerprint density at radius 2 is 0.423 bits per heavy atom. The number of hydrogen-bond donors (Lipinski definition) is 0. The number of pyridine rings is 3. The summed E-state index contributed by atoms with van der Waals surface area (Å²) in [5.41, 5.74) is 21.3. The molecular formula is C75H39N3. The fourth-order valence-electron chi connectivity index (χ4n) is 14.7. The summed E-state index contributed by atoms with van der Waals surface area (Å²) in [6.07, 6.45) is 5.79. The van der Waals surface area contributed by atoms with E-state index in [2.05, 4.69) is 218 Å². The Hall–Kier alpha value is -10.4.